The molecule has 0 spiro atoms. The van der Waals surface area contributed by atoms with E-state index in [2.05, 4.69) is 20.9 Å². The number of hydrogen-bond acceptors (Lipinski definition) is 3. The summed E-state index contributed by atoms with van der Waals surface area (Å²) >= 11 is 0. The first-order valence-corrected chi connectivity index (χ1v) is 9.27. The van der Waals surface area contributed by atoms with Crippen LogP contribution in [0, 0.1) is 5.82 Å². The van der Waals surface area contributed by atoms with E-state index in [1.807, 2.05) is 31.2 Å². The van der Waals surface area contributed by atoms with Gasteiger partial charge in [-0.15, -0.1) is 24.0 Å². The molecule has 0 aliphatic rings. The maximum Gasteiger partial charge on any atom is 0.242 e. The van der Waals surface area contributed by atoms with Gasteiger partial charge in [-0.1, -0.05) is 24.3 Å². The Kier molecular flexibility index (Phi) is 11.7. The molecule has 1 amide bonds. The van der Waals surface area contributed by atoms with Crippen LogP contribution in [0.3, 0.4) is 0 Å². The van der Waals surface area contributed by atoms with Gasteiger partial charge in [-0.05, 0) is 48.7 Å². The van der Waals surface area contributed by atoms with Crippen LogP contribution in [0.4, 0.5) is 4.39 Å². The summed E-state index contributed by atoms with van der Waals surface area (Å²) in [6.07, 6.45) is 0.731. The van der Waals surface area contributed by atoms with Crippen molar-refractivity contribution in [3.63, 3.8) is 0 Å². The van der Waals surface area contributed by atoms with Gasteiger partial charge in [0.05, 0.1) is 7.11 Å². The number of amides is 1. The Morgan fingerprint density at radius 1 is 1.00 bits per heavy atom. The van der Waals surface area contributed by atoms with Crippen LogP contribution >= 0.6 is 24.0 Å². The first-order chi connectivity index (χ1) is 13.6. The molecule has 2 rings (SSSR count). The van der Waals surface area contributed by atoms with E-state index in [9.17, 15) is 9.18 Å². The predicted octanol–water partition coefficient (Wildman–Crippen LogP) is 2.87. The molecule has 0 saturated carbocycles. The van der Waals surface area contributed by atoms with E-state index in [0.717, 1.165) is 23.3 Å². The molecule has 2 aromatic rings. The minimum absolute atomic E-state index is 0. The molecule has 0 bridgehead atoms. The zero-order valence-corrected chi connectivity index (χ0v) is 19.0. The minimum atomic E-state index is -0.243. The van der Waals surface area contributed by atoms with Crippen molar-refractivity contribution < 1.29 is 13.9 Å². The number of carbonyl (C=O) groups is 1. The lowest BCUT2D eigenvalue weighted by molar-refractivity contribution is -0.119. The Morgan fingerprint density at radius 3 is 2.28 bits per heavy atom. The van der Waals surface area contributed by atoms with Crippen LogP contribution in [0.2, 0.25) is 0 Å². The second kappa shape index (κ2) is 13.8. The Hall–Kier alpha value is -2.36. The van der Waals surface area contributed by atoms with Crippen molar-refractivity contribution in [3.8, 4) is 5.75 Å². The number of hydrogen-bond donors (Lipinski definition) is 3. The highest BCUT2D eigenvalue weighted by atomic mass is 127. The molecule has 0 radical (unpaired) electrons. The molecule has 0 aromatic heterocycles. The van der Waals surface area contributed by atoms with E-state index in [4.69, 9.17) is 4.74 Å². The number of aliphatic imine (C=N–C) groups is 1. The van der Waals surface area contributed by atoms with Gasteiger partial charge in [0.2, 0.25) is 5.91 Å². The van der Waals surface area contributed by atoms with Crippen LogP contribution in [0.15, 0.2) is 53.5 Å². The van der Waals surface area contributed by atoms with E-state index in [1.165, 1.54) is 12.1 Å². The van der Waals surface area contributed by atoms with E-state index in [-0.39, 0.29) is 42.2 Å². The second-order valence-electron chi connectivity index (χ2n) is 6.12. The van der Waals surface area contributed by atoms with Crippen LogP contribution < -0.4 is 20.7 Å². The molecular weight excluding hydrogens is 486 g/mol. The Morgan fingerprint density at radius 2 is 1.66 bits per heavy atom. The van der Waals surface area contributed by atoms with Gasteiger partial charge in [0.1, 0.15) is 18.1 Å². The Labute approximate surface area is 188 Å². The van der Waals surface area contributed by atoms with Crippen LogP contribution in [0.5, 0.6) is 5.75 Å². The van der Waals surface area contributed by atoms with Crippen LogP contribution in [-0.4, -0.2) is 38.6 Å². The maximum absolute atomic E-state index is 12.9. The maximum atomic E-state index is 12.9. The van der Waals surface area contributed by atoms with Crippen molar-refractivity contribution in [2.45, 2.75) is 19.9 Å². The van der Waals surface area contributed by atoms with Crippen molar-refractivity contribution in [2.24, 2.45) is 4.99 Å². The number of nitrogens with zero attached hydrogens (tertiary/aromatic N) is 1. The molecule has 6 nitrogen and oxygen atoms in total. The summed E-state index contributed by atoms with van der Waals surface area (Å²) in [4.78, 5) is 16.3. The molecule has 2 aromatic carbocycles. The zero-order valence-electron chi connectivity index (χ0n) is 16.7. The second-order valence-corrected chi connectivity index (χ2v) is 6.12. The van der Waals surface area contributed by atoms with E-state index >= 15 is 0 Å². The molecule has 0 atom stereocenters. The fourth-order valence-electron chi connectivity index (χ4n) is 2.47. The molecule has 0 aliphatic heterocycles. The van der Waals surface area contributed by atoms with Crippen molar-refractivity contribution in [3.05, 3.63) is 65.5 Å². The lowest BCUT2D eigenvalue weighted by atomic mass is 10.1. The summed E-state index contributed by atoms with van der Waals surface area (Å²) in [5.74, 6) is 0.949. The molecule has 0 aliphatic carbocycles. The van der Waals surface area contributed by atoms with Crippen molar-refractivity contribution in [2.75, 3.05) is 26.7 Å². The van der Waals surface area contributed by atoms with Crippen molar-refractivity contribution >= 4 is 35.8 Å². The third-order valence-electron chi connectivity index (χ3n) is 3.99. The van der Waals surface area contributed by atoms with E-state index < -0.39 is 0 Å². The molecular formula is C21H28FIN4O2. The Bertz CT molecular complexity index is 767. The third kappa shape index (κ3) is 9.60. The Balaban J connectivity index is 0.00000420. The van der Waals surface area contributed by atoms with Crippen LogP contribution in [0.1, 0.15) is 18.1 Å². The van der Waals surface area contributed by atoms with E-state index in [0.29, 0.717) is 25.6 Å². The van der Waals surface area contributed by atoms with Gasteiger partial charge >= 0.3 is 0 Å². The molecule has 0 heterocycles. The van der Waals surface area contributed by atoms with Gasteiger partial charge in [-0.2, -0.15) is 0 Å². The number of benzene rings is 2. The number of halogens is 2. The van der Waals surface area contributed by atoms with Crippen LogP contribution in [0.25, 0.3) is 0 Å². The average Bonchev–Trinajstić information content (AvgIpc) is 2.72. The van der Waals surface area contributed by atoms with Crippen molar-refractivity contribution in [1.82, 2.24) is 16.0 Å². The lowest BCUT2D eigenvalue weighted by Crippen LogP contribution is -2.39. The van der Waals surface area contributed by atoms with Gasteiger partial charge in [0, 0.05) is 19.6 Å². The largest absolute Gasteiger partial charge is 0.497 e. The summed E-state index contributed by atoms with van der Waals surface area (Å²) in [7, 11) is 1.62. The lowest BCUT2D eigenvalue weighted by Gasteiger charge is -2.11. The van der Waals surface area contributed by atoms with Gasteiger partial charge in [-0.25, -0.2) is 9.38 Å². The monoisotopic (exact) mass is 514 g/mol. The fraction of sp³-hybridized carbons (Fsp3) is 0.333. The molecule has 29 heavy (non-hydrogen) atoms. The SMILES string of the molecule is CCNC(=NCC(=O)NCc1ccc(OC)cc1)NCCc1ccc(F)cc1.I. The number of guanidine groups is 1. The number of rotatable bonds is 9. The van der Waals surface area contributed by atoms with Crippen LogP contribution in [-0.2, 0) is 17.8 Å². The minimum Gasteiger partial charge on any atom is -0.497 e. The highest BCUT2D eigenvalue weighted by Gasteiger charge is 2.03. The number of nitrogens with one attached hydrogen (secondary N) is 3. The molecule has 0 fully saturated rings. The first-order valence-electron chi connectivity index (χ1n) is 9.27. The molecule has 158 valence electrons. The predicted molar refractivity (Wildman–Crippen MR) is 124 cm³/mol. The highest BCUT2D eigenvalue weighted by molar-refractivity contribution is 14.0. The summed E-state index contributed by atoms with van der Waals surface area (Å²) < 4.78 is 18.0. The molecule has 0 unspecified atom stereocenters. The third-order valence-corrected chi connectivity index (χ3v) is 3.99. The first kappa shape index (κ1) is 24.7. The van der Waals surface area contributed by atoms with Gasteiger partial charge in [0.15, 0.2) is 5.96 Å². The smallest absolute Gasteiger partial charge is 0.242 e. The highest BCUT2D eigenvalue weighted by Crippen LogP contribution is 2.10. The summed E-state index contributed by atoms with van der Waals surface area (Å²) in [6, 6.07) is 13.9. The quantitative estimate of drug-likeness (QED) is 0.274. The fourth-order valence-corrected chi connectivity index (χ4v) is 2.47. The number of methoxy groups -OCH3 is 1. The standard InChI is InChI=1S/C21H27FN4O2.HI/c1-3-23-21(24-13-12-16-4-8-18(22)9-5-16)26-15-20(27)25-14-17-6-10-19(28-2)11-7-17;/h4-11H,3,12-15H2,1-2H3,(H,25,27)(H2,23,24,26);1H. The average molecular weight is 514 g/mol. The number of ether oxygens (including phenoxy) is 1. The van der Waals surface area contributed by atoms with E-state index in [1.54, 1.807) is 19.2 Å². The normalized spacial score (nSPS) is 10.7. The number of carbonyl (C=O) groups excluding carboxylic acids is 1. The van der Waals surface area contributed by atoms with Gasteiger partial charge in [-0.3, -0.25) is 4.79 Å². The molecule has 8 heteroatoms. The summed E-state index contributed by atoms with van der Waals surface area (Å²) in [5.41, 5.74) is 2.02. The topological polar surface area (TPSA) is 74.8 Å². The molecule has 3 N–H and O–H groups in total. The zero-order chi connectivity index (χ0) is 20.2. The summed E-state index contributed by atoms with van der Waals surface area (Å²) in [6.45, 7) is 3.75. The van der Waals surface area contributed by atoms with Gasteiger partial charge in [0.25, 0.3) is 0 Å². The van der Waals surface area contributed by atoms with Gasteiger partial charge < -0.3 is 20.7 Å². The molecule has 0 saturated heterocycles. The van der Waals surface area contributed by atoms with Crippen molar-refractivity contribution in [1.29, 1.82) is 0 Å². The summed E-state index contributed by atoms with van der Waals surface area (Å²) in [5, 5.41) is 9.12.